The first-order valence-electron chi connectivity index (χ1n) is 5.62. The largest absolute Gasteiger partial charge is 0.486 e. The molecule has 3 heteroatoms. The lowest BCUT2D eigenvalue weighted by molar-refractivity contribution is 0.184. The minimum atomic E-state index is 0.136. The molecule has 2 rings (SSSR count). The topological polar surface area (TPSA) is 21.6 Å². The zero-order chi connectivity index (χ0) is 11.5. The lowest BCUT2D eigenvalue weighted by Gasteiger charge is -2.19. The summed E-state index contributed by atoms with van der Waals surface area (Å²) in [6, 6.07) is 5.74. The summed E-state index contributed by atoms with van der Waals surface area (Å²) in [6.07, 6.45) is 2.99. The number of aliphatic imine (C=N–C) groups is 1. The van der Waals surface area contributed by atoms with Crippen molar-refractivity contribution in [3.8, 4) is 5.75 Å². The van der Waals surface area contributed by atoms with Crippen LogP contribution < -0.4 is 4.74 Å². The Balaban J connectivity index is 2.25. The van der Waals surface area contributed by atoms with E-state index < -0.39 is 0 Å². The molecule has 1 heterocycles. The molecule has 1 atom stereocenters. The van der Waals surface area contributed by atoms with Crippen molar-refractivity contribution in [3.63, 3.8) is 0 Å². The molecule has 0 aromatic heterocycles. The molecule has 1 unspecified atom stereocenters. The van der Waals surface area contributed by atoms with E-state index in [-0.39, 0.29) is 6.10 Å². The summed E-state index contributed by atoms with van der Waals surface area (Å²) < 4.78 is 5.94. The Morgan fingerprint density at radius 1 is 1.50 bits per heavy atom. The van der Waals surface area contributed by atoms with Crippen molar-refractivity contribution < 1.29 is 4.74 Å². The predicted octanol–water partition coefficient (Wildman–Crippen LogP) is 3.57. The fraction of sp³-hybridized carbons (Fsp3) is 0.462. The average Bonchev–Trinajstić information content (AvgIpc) is 2.40. The number of halogens is 1. The van der Waals surface area contributed by atoms with E-state index in [9.17, 15) is 0 Å². The number of fused-ring (bicyclic) bond motifs is 1. The van der Waals surface area contributed by atoms with Gasteiger partial charge in [0.1, 0.15) is 11.9 Å². The molecule has 0 bridgehead atoms. The summed E-state index contributed by atoms with van der Waals surface area (Å²) in [5.74, 6) is 1.38. The highest BCUT2D eigenvalue weighted by Crippen LogP contribution is 2.30. The molecule has 0 amide bonds. The van der Waals surface area contributed by atoms with Crippen molar-refractivity contribution in [2.45, 2.75) is 26.4 Å². The lowest BCUT2D eigenvalue weighted by atomic mass is 10.1. The number of rotatable bonds is 2. The lowest BCUT2D eigenvalue weighted by Crippen LogP contribution is -2.21. The molecule has 0 fully saturated rings. The van der Waals surface area contributed by atoms with Crippen LogP contribution in [0.5, 0.6) is 5.75 Å². The average molecular weight is 238 g/mol. The van der Waals surface area contributed by atoms with Crippen LogP contribution in [0.25, 0.3) is 0 Å². The van der Waals surface area contributed by atoms with Gasteiger partial charge < -0.3 is 4.74 Å². The molecule has 0 saturated heterocycles. The van der Waals surface area contributed by atoms with Crippen LogP contribution >= 0.6 is 11.6 Å². The van der Waals surface area contributed by atoms with Crippen LogP contribution in [0, 0.1) is 5.92 Å². The first-order valence-corrected chi connectivity index (χ1v) is 5.99. The Kier molecular flexibility index (Phi) is 3.49. The molecule has 86 valence electrons. The number of benzene rings is 1. The summed E-state index contributed by atoms with van der Waals surface area (Å²) in [4.78, 5) is 4.38. The Morgan fingerprint density at radius 3 is 3.06 bits per heavy atom. The Hall–Kier alpha value is -1.02. The van der Waals surface area contributed by atoms with Crippen molar-refractivity contribution in [1.82, 2.24) is 0 Å². The van der Waals surface area contributed by atoms with E-state index in [1.807, 2.05) is 24.4 Å². The zero-order valence-electron chi connectivity index (χ0n) is 9.61. The van der Waals surface area contributed by atoms with Crippen molar-refractivity contribution in [1.29, 1.82) is 0 Å². The molecule has 0 aliphatic carbocycles. The van der Waals surface area contributed by atoms with Gasteiger partial charge in [0.05, 0.1) is 11.6 Å². The molecule has 16 heavy (non-hydrogen) atoms. The Labute approximate surface area is 101 Å². The molecule has 0 radical (unpaired) electrons. The monoisotopic (exact) mass is 237 g/mol. The van der Waals surface area contributed by atoms with Crippen LogP contribution in [-0.4, -0.2) is 18.9 Å². The van der Waals surface area contributed by atoms with Gasteiger partial charge in [-0.05, 0) is 24.5 Å². The quantitative estimate of drug-likeness (QED) is 0.771. The number of hydrogen-bond acceptors (Lipinski definition) is 2. The maximum absolute atomic E-state index is 6.13. The smallest absolute Gasteiger partial charge is 0.147 e. The van der Waals surface area contributed by atoms with E-state index in [4.69, 9.17) is 16.3 Å². The van der Waals surface area contributed by atoms with E-state index in [1.165, 1.54) is 0 Å². The fourth-order valence-electron chi connectivity index (χ4n) is 1.87. The molecule has 1 aliphatic rings. The second kappa shape index (κ2) is 4.88. The van der Waals surface area contributed by atoms with Crippen molar-refractivity contribution in [2.24, 2.45) is 10.9 Å². The van der Waals surface area contributed by atoms with Crippen molar-refractivity contribution >= 4 is 17.8 Å². The Bertz CT molecular complexity index is 401. The summed E-state index contributed by atoms with van der Waals surface area (Å²) >= 11 is 6.13. The number of nitrogens with zero attached hydrogens (tertiary/aromatic N) is 1. The van der Waals surface area contributed by atoms with E-state index in [1.54, 1.807) is 0 Å². The molecule has 1 aliphatic heterocycles. The molecule has 0 N–H and O–H groups in total. The zero-order valence-corrected chi connectivity index (χ0v) is 10.4. The predicted molar refractivity (Wildman–Crippen MR) is 67.8 cm³/mol. The molecule has 0 saturated carbocycles. The highest BCUT2D eigenvalue weighted by molar-refractivity contribution is 6.32. The van der Waals surface area contributed by atoms with Crippen LogP contribution in [0.3, 0.4) is 0 Å². The third-order valence-electron chi connectivity index (χ3n) is 2.56. The number of ether oxygens (including phenoxy) is 1. The van der Waals surface area contributed by atoms with Crippen molar-refractivity contribution in [2.75, 3.05) is 6.54 Å². The summed E-state index contributed by atoms with van der Waals surface area (Å²) in [5.41, 5.74) is 0.971. The molecule has 0 spiro atoms. The van der Waals surface area contributed by atoms with Gasteiger partial charge in [-0.2, -0.15) is 0 Å². The third-order valence-corrected chi connectivity index (χ3v) is 2.85. The van der Waals surface area contributed by atoms with E-state index >= 15 is 0 Å². The van der Waals surface area contributed by atoms with Crippen molar-refractivity contribution in [3.05, 3.63) is 28.8 Å². The molecule has 1 aromatic rings. The van der Waals surface area contributed by atoms with Gasteiger partial charge in [-0.3, -0.25) is 4.99 Å². The standard InChI is InChI=1S/C13H16ClNO/c1-9(2)6-11-8-15-7-10-4-3-5-12(14)13(10)16-11/h3-5,7,9,11H,6,8H2,1-2H3. The normalized spacial score (nSPS) is 19.1. The Morgan fingerprint density at radius 2 is 2.31 bits per heavy atom. The molecule has 1 aromatic carbocycles. The van der Waals surface area contributed by atoms with Crippen LogP contribution in [0.2, 0.25) is 5.02 Å². The SMILES string of the molecule is CC(C)CC1CN=Cc2cccc(Cl)c2O1. The second-order valence-electron chi connectivity index (χ2n) is 4.52. The summed E-state index contributed by atoms with van der Waals surface area (Å²) in [5, 5.41) is 0.666. The first kappa shape index (κ1) is 11.5. The number of para-hydroxylation sites is 1. The second-order valence-corrected chi connectivity index (χ2v) is 4.93. The minimum absolute atomic E-state index is 0.136. The van der Waals surface area contributed by atoms with Gasteiger partial charge >= 0.3 is 0 Å². The summed E-state index contributed by atoms with van der Waals surface area (Å²) in [6.45, 7) is 5.08. The highest BCUT2D eigenvalue weighted by Gasteiger charge is 2.18. The molecule has 2 nitrogen and oxygen atoms in total. The maximum Gasteiger partial charge on any atom is 0.147 e. The van der Waals surface area contributed by atoms with Gasteiger partial charge in [0.2, 0.25) is 0 Å². The van der Waals surface area contributed by atoms with Crippen LogP contribution in [0.15, 0.2) is 23.2 Å². The van der Waals surface area contributed by atoms with Gasteiger partial charge in [-0.25, -0.2) is 0 Å². The van der Waals surface area contributed by atoms with Gasteiger partial charge in [0, 0.05) is 11.8 Å². The van der Waals surface area contributed by atoms with Gasteiger partial charge in [0.15, 0.2) is 0 Å². The van der Waals surface area contributed by atoms with E-state index in [0.29, 0.717) is 17.5 Å². The highest BCUT2D eigenvalue weighted by atomic mass is 35.5. The molecular formula is C13H16ClNO. The van der Waals surface area contributed by atoms with Gasteiger partial charge in [-0.1, -0.05) is 31.5 Å². The van der Waals surface area contributed by atoms with E-state index in [0.717, 1.165) is 17.7 Å². The van der Waals surface area contributed by atoms with Gasteiger partial charge in [0.25, 0.3) is 0 Å². The van der Waals surface area contributed by atoms with Gasteiger partial charge in [-0.15, -0.1) is 0 Å². The minimum Gasteiger partial charge on any atom is -0.486 e. The third kappa shape index (κ3) is 2.56. The van der Waals surface area contributed by atoms with Crippen LogP contribution in [-0.2, 0) is 0 Å². The van der Waals surface area contributed by atoms with E-state index in [2.05, 4.69) is 18.8 Å². The fourth-order valence-corrected chi connectivity index (χ4v) is 2.10. The van der Waals surface area contributed by atoms with Crippen LogP contribution in [0.4, 0.5) is 0 Å². The maximum atomic E-state index is 6.13. The number of hydrogen-bond donors (Lipinski definition) is 0. The first-order chi connectivity index (χ1) is 7.66. The molecular weight excluding hydrogens is 222 g/mol. The van der Waals surface area contributed by atoms with Crippen LogP contribution in [0.1, 0.15) is 25.8 Å². The summed E-state index contributed by atoms with van der Waals surface area (Å²) in [7, 11) is 0.